The van der Waals surface area contributed by atoms with E-state index in [4.69, 9.17) is 5.73 Å². The van der Waals surface area contributed by atoms with Crippen molar-refractivity contribution < 1.29 is 4.79 Å². The number of amides is 1. The van der Waals surface area contributed by atoms with Crippen molar-refractivity contribution in [1.29, 1.82) is 0 Å². The van der Waals surface area contributed by atoms with Crippen molar-refractivity contribution in [2.45, 2.75) is 26.7 Å². The van der Waals surface area contributed by atoms with Crippen LogP contribution in [0.25, 0.3) is 11.3 Å². The first-order valence-corrected chi connectivity index (χ1v) is 8.00. The van der Waals surface area contributed by atoms with E-state index in [1.807, 2.05) is 13.0 Å². The summed E-state index contributed by atoms with van der Waals surface area (Å²) in [6.45, 7) is 5.59. The number of carbonyl (C=O) groups excluding carboxylic acids is 1. The van der Waals surface area contributed by atoms with Gasteiger partial charge in [-0.3, -0.25) is 4.79 Å². The quantitative estimate of drug-likeness (QED) is 0.945. The van der Waals surface area contributed by atoms with Gasteiger partial charge in [-0.2, -0.15) is 0 Å². The highest BCUT2D eigenvalue weighted by Crippen LogP contribution is 2.26. The summed E-state index contributed by atoms with van der Waals surface area (Å²) in [6.07, 6.45) is 1.58. The van der Waals surface area contributed by atoms with E-state index in [-0.39, 0.29) is 11.8 Å². The van der Waals surface area contributed by atoms with E-state index < -0.39 is 0 Å². The Kier molecular flexibility index (Phi) is 4.28. The van der Waals surface area contributed by atoms with Gasteiger partial charge in [0.2, 0.25) is 5.91 Å². The average Bonchev–Trinajstić information content (AvgIpc) is 2.55. The van der Waals surface area contributed by atoms with E-state index in [0.29, 0.717) is 0 Å². The molecule has 3 rings (SSSR count). The number of hydrogen-bond acceptors (Lipinski definition) is 4. The molecule has 1 aromatic carbocycles. The number of nitrogens with zero attached hydrogens (tertiary/aromatic N) is 3. The van der Waals surface area contributed by atoms with E-state index in [0.717, 1.165) is 48.8 Å². The molecule has 0 saturated carbocycles. The van der Waals surface area contributed by atoms with Gasteiger partial charge in [-0.1, -0.05) is 29.8 Å². The fourth-order valence-corrected chi connectivity index (χ4v) is 2.98. The van der Waals surface area contributed by atoms with Crippen LogP contribution in [0.4, 0.5) is 5.82 Å². The molecule has 1 amide bonds. The largest absolute Gasteiger partial charge is 0.369 e. The van der Waals surface area contributed by atoms with E-state index >= 15 is 0 Å². The zero-order chi connectivity index (χ0) is 16.4. The SMILES string of the molecule is Cc1ccc(-c2cc(N3CCC(C(N)=O)CC3)nc(C)n2)cc1. The van der Waals surface area contributed by atoms with Crippen molar-refractivity contribution in [3.05, 3.63) is 41.7 Å². The topological polar surface area (TPSA) is 72.1 Å². The van der Waals surface area contributed by atoms with Crippen molar-refractivity contribution in [3.63, 3.8) is 0 Å². The molecule has 120 valence electrons. The molecule has 23 heavy (non-hydrogen) atoms. The predicted octanol–water partition coefficient (Wildman–Crippen LogP) is 2.46. The second-order valence-corrected chi connectivity index (χ2v) is 6.19. The Labute approximate surface area is 136 Å². The van der Waals surface area contributed by atoms with Crippen LogP contribution in [0.3, 0.4) is 0 Å². The number of aromatic nitrogens is 2. The highest BCUT2D eigenvalue weighted by atomic mass is 16.1. The van der Waals surface area contributed by atoms with E-state index in [9.17, 15) is 4.79 Å². The fraction of sp³-hybridized carbons (Fsp3) is 0.389. The summed E-state index contributed by atoms with van der Waals surface area (Å²) >= 11 is 0. The summed E-state index contributed by atoms with van der Waals surface area (Å²) < 4.78 is 0. The molecule has 5 nitrogen and oxygen atoms in total. The van der Waals surface area contributed by atoms with Gasteiger partial charge in [0.05, 0.1) is 5.69 Å². The Hall–Kier alpha value is -2.43. The lowest BCUT2D eigenvalue weighted by Gasteiger charge is -2.31. The Morgan fingerprint density at radius 2 is 1.78 bits per heavy atom. The molecule has 2 aromatic rings. The lowest BCUT2D eigenvalue weighted by molar-refractivity contribution is -0.122. The van der Waals surface area contributed by atoms with Crippen LogP contribution in [0.5, 0.6) is 0 Å². The van der Waals surface area contributed by atoms with E-state index in [1.165, 1.54) is 5.56 Å². The molecule has 5 heteroatoms. The average molecular weight is 310 g/mol. The molecule has 0 spiro atoms. The number of rotatable bonds is 3. The van der Waals surface area contributed by atoms with E-state index in [2.05, 4.69) is 46.1 Å². The molecule has 1 saturated heterocycles. The second-order valence-electron chi connectivity index (χ2n) is 6.19. The Balaban J connectivity index is 1.84. The third kappa shape index (κ3) is 3.50. The number of benzene rings is 1. The third-order valence-corrected chi connectivity index (χ3v) is 4.39. The molecule has 0 atom stereocenters. The van der Waals surface area contributed by atoms with Crippen molar-refractivity contribution in [2.24, 2.45) is 11.7 Å². The van der Waals surface area contributed by atoms with Crippen molar-refractivity contribution in [3.8, 4) is 11.3 Å². The highest BCUT2D eigenvalue weighted by molar-refractivity contribution is 5.77. The molecular weight excluding hydrogens is 288 g/mol. The van der Waals surface area contributed by atoms with Crippen LogP contribution >= 0.6 is 0 Å². The smallest absolute Gasteiger partial charge is 0.220 e. The molecule has 0 bridgehead atoms. The predicted molar refractivity (Wildman–Crippen MR) is 91.1 cm³/mol. The molecule has 1 fully saturated rings. The Morgan fingerprint density at radius 1 is 1.13 bits per heavy atom. The number of aryl methyl sites for hydroxylation is 2. The maximum atomic E-state index is 11.3. The van der Waals surface area contributed by atoms with Gasteiger partial charge in [0.25, 0.3) is 0 Å². The molecule has 0 radical (unpaired) electrons. The van der Waals surface area contributed by atoms with Gasteiger partial charge in [0.15, 0.2) is 0 Å². The molecule has 0 unspecified atom stereocenters. The summed E-state index contributed by atoms with van der Waals surface area (Å²) in [6, 6.07) is 10.4. The summed E-state index contributed by atoms with van der Waals surface area (Å²) in [4.78, 5) is 22.6. The molecule has 0 aliphatic carbocycles. The van der Waals surface area contributed by atoms with Crippen molar-refractivity contribution in [2.75, 3.05) is 18.0 Å². The normalized spacial score (nSPS) is 15.7. The number of nitrogens with two attached hydrogens (primary N) is 1. The lowest BCUT2D eigenvalue weighted by atomic mass is 9.96. The maximum absolute atomic E-state index is 11.3. The maximum Gasteiger partial charge on any atom is 0.220 e. The lowest BCUT2D eigenvalue weighted by Crippen LogP contribution is -2.39. The first kappa shape index (κ1) is 15.5. The van der Waals surface area contributed by atoms with Gasteiger partial charge in [-0.05, 0) is 26.7 Å². The summed E-state index contributed by atoms with van der Waals surface area (Å²) in [5.74, 6) is 1.49. The van der Waals surface area contributed by atoms with Crippen LogP contribution < -0.4 is 10.6 Å². The number of anilines is 1. The molecule has 1 aliphatic heterocycles. The fourth-order valence-electron chi connectivity index (χ4n) is 2.98. The number of hydrogen-bond donors (Lipinski definition) is 1. The van der Waals surface area contributed by atoms with Gasteiger partial charge < -0.3 is 10.6 Å². The van der Waals surface area contributed by atoms with Gasteiger partial charge in [-0.25, -0.2) is 9.97 Å². The first-order chi connectivity index (χ1) is 11.0. The molecule has 1 aliphatic rings. The first-order valence-electron chi connectivity index (χ1n) is 8.00. The molecule has 2 N–H and O–H groups in total. The van der Waals surface area contributed by atoms with Crippen molar-refractivity contribution in [1.82, 2.24) is 9.97 Å². The number of carbonyl (C=O) groups is 1. The standard InChI is InChI=1S/C18H22N4O/c1-12-3-5-14(6-4-12)16-11-17(21-13(2)20-16)22-9-7-15(8-10-22)18(19)23/h3-6,11,15H,7-10H2,1-2H3,(H2,19,23). The minimum atomic E-state index is -0.191. The minimum absolute atomic E-state index is 0.00856. The van der Waals surface area contributed by atoms with Crippen LogP contribution in [0.15, 0.2) is 30.3 Å². The summed E-state index contributed by atoms with van der Waals surface area (Å²) in [5.41, 5.74) is 8.66. The Bertz CT molecular complexity index is 703. The van der Waals surface area contributed by atoms with Crippen LogP contribution in [0.1, 0.15) is 24.2 Å². The van der Waals surface area contributed by atoms with Gasteiger partial charge in [-0.15, -0.1) is 0 Å². The Morgan fingerprint density at radius 3 is 2.39 bits per heavy atom. The summed E-state index contributed by atoms with van der Waals surface area (Å²) in [5, 5.41) is 0. The number of piperidine rings is 1. The van der Waals surface area contributed by atoms with Crippen LogP contribution in [-0.2, 0) is 4.79 Å². The van der Waals surface area contributed by atoms with Gasteiger partial charge >= 0.3 is 0 Å². The third-order valence-electron chi connectivity index (χ3n) is 4.39. The minimum Gasteiger partial charge on any atom is -0.369 e. The van der Waals surface area contributed by atoms with Gasteiger partial charge in [0.1, 0.15) is 11.6 Å². The van der Waals surface area contributed by atoms with Gasteiger partial charge in [0, 0.05) is 30.6 Å². The van der Waals surface area contributed by atoms with E-state index in [1.54, 1.807) is 0 Å². The molecular formula is C18H22N4O. The van der Waals surface area contributed by atoms with Crippen LogP contribution in [0, 0.1) is 19.8 Å². The van der Waals surface area contributed by atoms with Crippen molar-refractivity contribution >= 4 is 11.7 Å². The molecule has 1 aromatic heterocycles. The monoisotopic (exact) mass is 310 g/mol. The zero-order valence-electron chi connectivity index (χ0n) is 13.6. The summed E-state index contributed by atoms with van der Waals surface area (Å²) in [7, 11) is 0. The van der Waals surface area contributed by atoms with Crippen LogP contribution in [-0.4, -0.2) is 29.0 Å². The zero-order valence-corrected chi connectivity index (χ0v) is 13.6. The number of primary amides is 1. The highest BCUT2D eigenvalue weighted by Gasteiger charge is 2.24. The van der Waals surface area contributed by atoms with Crippen LogP contribution in [0.2, 0.25) is 0 Å². The molecule has 2 heterocycles. The second kappa shape index (κ2) is 6.36.